The predicted octanol–water partition coefficient (Wildman–Crippen LogP) is 0.974. The van der Waals surface area contributed by atoms with Gasteiger partial charge >= 0.3 is 0 Å². The average Bonchev–Trinajstić information content (AvgIpc) is 2.93. The Morgan fingerprint density at radius 2 is 2.47 bits per heavy atom. The summed E-state index contributed by atoms with van der Waals surface area (Å²) in [6.45, 7) is 3.56. The Balaban J connectivity index is 2.27. The van der Waals surface area contributed by atoms with Crippen LogP contribution in [0.2, 0.25) is 5.02 Å². The molecule has 1 aliphatic heterocycles. The lowest BCUT2D eigenvalue weighted by Crippen LogP contribution is -2.37. The summed E-state index contributed by atoms with van der Waals surface area (Å²) >= 11 is 6.02. The van der Waals surface area contributed by atoms with Gasteiger partial charge in [0.2, 0.25) is 0 Å². The zero-order valence-electron chi connectivity index (χ0n) is 9.94. The van der Waals surface area contributed by atoms with Crippen LogP contribution in [0.5, 0.6) is 0 Å². The minimum Gasteiger partial charge on any atom is -0.379 e. The summed E-state index contributed by atoms with van der Waals surface area (Å²) in [4.78, 5) is 12.4. The average molecular weight is 258 g/mol. The molecule has 17 heavy (non-hydrogen) atoms. The summed E-state index contributed by atoms with van der Waals surface area (Å²) in [6, 6.07) is 0.0544. The maximum atomic E-state index is 12.4. The van der Waals surface area contributed by atoms with Gasteiger partial charge in [0, 0.05) is 12.6 Å². The van der Waals surface area contributed by atoms with E-state index in [1.54, 1.807) is 4.68 Å². The van der Waals surface area contributed by atoms with Gasteiger partial charge in [0.25, 0.3) is 0 Å². The van der Waals surface area contributed by atoms with Crippen LogP contribution < -0.4 is 5.32 Å². The molecule has 6 heteroatoms. The summed E-state index contributed by atoms with van der Waals surface area (Å²) in [7, 11) is 1.83. The van der Waals surface area contributed by atoms with Crippen molar-refractivity contribution in [1.82, 2.24) is 15.1 Å². The van der Waals surface area contributed by atoms with Gasteiger partial charge in [-0.2, -0.15) is 5.10 Å². The summed E-state index contributed by atoms with van der Waals surface area (Å²) in [6.07, 6.45) is 1.52. The van der Waals surface area contributed by atoms with E-state index >= 15 is 0 Å². The van der Waals surface area contributed by atoms with Gasteiger partial charge in [-0.05, 0) is 14.0 Å². The SMILES string of the molecule is CCn1ncc(Cl)c1C(=O)C1COCC1NC. The first-order valence-corrected chi connectivity index (χ1v) is 6.07. The fraction of sp³-hybridized carbons (Fsp3) is 0.636. The first-order valence-electron chi connectivity index (χ1n) is 5.69. The monoisotopic (exact) mass is 257 g/mol. The fourth-order valence-corrected chi connectivity index (χ4v) is 2.35. The molecule has 0 saturated carbocycles. The van der Waals surface area contributed by atoms with Crippen LogP contribution in [0.15, 0.2) is 6.20 Å². The van der Waals surface area contributed by atoms with E-state index in [1.165, 1.54) is 6.20 Å². The summed E-state index contributed by atoms with van der Waals surface area (Å²) in [5.74, 6) is -0.175. The standard InChI is InChI=1S/C11H16ClN3O2/c1-3-15-10(8(12)4-14-15)11(16)7-5-17-6-9(7)13-2/h4,7,9,13H,3,5-6H2,1-2H3. The molecule has 0 spiro atoms. The molecule has 1 aromatic heterocycles. The molecule has 1 aromatic rings. The van der Waals surface area contributed by atoms with Crippen LogP contribution in [0.4, 0.5) is 0 Å². The Bertz CT molecular complexity index is 419. The van der Waals surface area contributed by atoms with Crippen LogP contribution in [-0.4, -0.2) is 41.9 Å². The van der Waals surface area contributed by atoms with E-state index in [4.69, 9.17) is 16.3 Å². The molecule has 1 aliphatic rings. The number of carbonyl (C=O) groups is 1. The van der Waals surface area contributed by atoms with Crippen molar-refractivity contribution in [3.63, 3.8) is 0 Å². The summed E-state index contributed by atoms with van der Waals surface area (Å²) in [5, 5.41) is 7.59. The van der Waals surface area contributed by atoms with E-state index in [0.29, 0.717) is 30.5 Å². The zero-order chi connectivity index (χ0) is 12.4. The molecular formula is C11H16ClN3O2. The van der Waals surface area contributed by atoms with Crippen molar-refractivity contribution in [3.05, 3.63) is 16.9 Å². The third kappa shape index (κ3) is 2.22. The maximum Gasteiger partial charge on any atom is 0.189 e. The Kier molecular flexibility index (Phi) is 3.81. The van der Waals surface area contributed by atoms with E-state index in [-0.39, 0.29) is 17.7 Å². The summed E-state index contributed by atoms with van der Waals surface area (Å²) in [5.41, 5.74) is 0.491. The second-order valence-electron chi connectivity index (χ2n) is 4.06. The van der Waals surface area contributed by atoms with E-state index in [9.17, 15) is 4.79 Å². The van der Waals surface area contributed by atoms with E-state index in [2.05, 4.69) is 10.4 Å². The lowest BCUT2D eigenvalue weighted by atomic mass is 9.96. The Morgan fingerprint density at radius 3 is 3.12 bits per heavy atom. The van der Waals surface area contributed by atoms with Gasteiger partial charge in [0.15, 0.2) is 5.78 Å². The second kappa shape index (κ2) is 5.16. The minimum absolute atomic E-state index is 0.00574. The highest BCUT2D eigenvalue weighted by atomic mass is 35.5. The second-order valence-corrected chi connectivity index (χ2v) is 4.47. The van der Waals surface area contributed by atoms with Crippen LogP contribution in [-0.2, 0) is 11.3 Å². The number of ketones is 1. The van der Waals surface area contributed by atoms with Gasteiger partial charge in [-0.25, -0.2) is 0 Å². The molecular weight excluding hydrogens is 242 g/mol. The molecule has 0 aromatic carbocycles. The summed E-state index contributed by atoms with van der Waals surface area (Å²) < 4.78 is 6.97. The number of halogens is 1. The number of aryl methyl sites for hydroxylation is 1. The van der Waals surface area contributed by atoms with Gasteiger partial charge in [0.1, 0.15) is 5.69 Å². The van der Waals surface area contributed by atoms with E-state index < -0.39 is 0 Å². The Hall–Kier alpha value is -0.910. The number of likely N-dealkylation sites (N-methyl/N-ethyl adjacent to an activating group) is 1. The van der Waals surface area contributed by atoms with Gasteiger partial charge < -0.3 is 10.1 Å². The van der Waals surface area contributed by atoms with Crippen molar-refractivity contribution in [2.75, 3.05) is 20.3 Å². The third-order valence-electron chi connectivity index (χ3n) is 3.12. The molecule has 2 heterocycles. The quantitative estimate of drug-likeness (QED) is 0.817. The number of nitrogens with zero attached hydrogens (tertiary/aromatic N) is 2. The number of ether oxygens (including phenoxy) is 1. The van der Waals surface area contributed by atoms with Crippen molar-refractivity contribution < 1.29 is 9.53 Å². The molecule has 2 unspecified atom stereocenters. The van der Waals surface area contributed by atoms with Crippen molar-refractivity contribution in [3.8, 4) is 0 Å². The number of Topliss-reactive ketones (excluding diaryl/α,β-unsaturated/α-hetero) is 1. The van der Waals surface area contributed by atoms with E-state index in [0.717, 1.165) is 0 Å². The smallest absolute Gasteiger partial charge is 0.189 e. The zero-order valence-corrected chi connectivity index (χ0v) is 10.7. The third-order valence-corrected chi connectivity index (χ3v) is 3.39. The predicted molar refractivity (Wildman–Crippen MR) is 64.4 cm³/mol. The van der Waals surface area contributed by atoms with Crippen molar-refractivity contribution in [2.45, 2.75) is 19.5 Å². The van der Waals surface area contributed by atoms with Gasteiger partial charge in [-0.15, -0.1) is 0 Å². The Labute approximate surface area is 105 Å². The highest BCUT2D eigenvalue weighted by Gasteiger charge is 2.35. The minimum atomic E-state index is -0.181. The van der Waals surface area contributed by atoms with Crippen LogP contribution in [0.3, 0.4) is 0 Å². The fourth-order valence-electron chi connectivity index (χ4n) is 2.12. The molecule has 1 fully saturated rings. The molecule has 0 aliphatic carbocycles. The Morgan fingerprint density at radius 1 is 1.71 bits per heavy atom. The molecule has 2 rings (SSSR count). The number of carbonyl (C=O) groups excluding carboxylic acids is 1. The van der Waals surface area contributed by atoms with Crippen molar-refractivity contribution in [1.29, 1.82) is 0 Å². The topological polar surface area (TPSA) is 56.2 Å². The number of hydrogen-bond donors (Lipinski definition) is 1. The van der Waals surface area contributed by atoms with Crippen LogP contribution >= 0.6 is 11.6 Å². The number of hydrogen-bond acceptors (Lipinski definition) is 4. The van der Waals surface area contributed by atoms with E-state index in [1.807, 2.05) is 14.0 Å². The number of aromatic nitrogens is 2. The van der Waals surface area contributed by atoms with Gasteiger partial charge in [-0.1, -0.05) is 11.6 Å². The highest BCUT2D eigenvalue weighted by Crippen LogP contribution is 2.24. The lowest BCUT2D eigenvalue weighted by molar-refractivity contribution is 0.0881. The lowest BCUT2D eigenvalue weighted by Gasteiger charge is -2.16. The van der Waals surface area contributed by atoms with Crippen LogP contribution in [0.1, 0.15) is 17.4 Å². The molecule has 2 atom stereocenters. The molecule has 0 bridgehead atoms. The normalized spacial score (nSPS) is 24.2. The molecule has 0 radical (unpaired) electrons. The largest absolute Gasteiger partial charge is 0.379 e. The first-order chi connectivity index (χ1) is 8.19. The number of nitrogens with one attached hydrogen (secondary N) is 1. The highest BCUT2D eigenvalue weighted by molar-refractivity contribution is 6.33. The first kappa shape index (κ1) is 12.5. The molecule has 5 nitrogen and oxygen atoms in total. The van der Waals surface area contributed by atoms with Crippen LogP contribution in [0.25, 0.3) is 0 Å². The molecule has 94 valence electrons. The maximum absolute atomic E-state index is 12.4. The molecule has 1 saturated heterocycles. The molecule has 0 amide bonds. The van der Waals surface area contributed by atoms with Crippen LogP contribution in [0, 0.1) is 5.92 Å². The van der Waals surface area contributed by atoms with Gasteiger partial charge in [-0.3, -0.25) is 9.48 Å². The number of rotatable bonds is 4. The van der Waals surface area contributed by atoms with Gasteiger partial charge in [0.05, 0.1) is 30.4 Å². The van der Waals surface area contributed by atoms with Crippen molar-refractivity contribution >= 4 is 17.4 Å². The molecule has 1 N–H and O–H groups in total. The van der Waals surface area contributed by atoms with Crippen molar-refractivity contribution in [2.24, 2.45) is 5.92 Å².